The molecule has 1 aromatic rings. The summed E-state index contributed by atoms with van der Waals surface area (Å²) in [4.78, 5) is 21.0. The van der Waals surface area contributed by atoms with E-state index in [4.69, 9.17) is 0 Å². The van der Waals surface area contributed by atoms with E-state index in [9.17, 15) is 9.90 Å². The number of nitrogens with zero attached hydrogens (tertiary/aromatic N) is 3. The highest BCUT2D eigenvalue weighted by Crippen LogP contribution is 2.23. The zero-order valence-corrected chi connectivity index (χ0v) is 14.2. The van der Waals surface area contributed by atoms with E-state index in [0.717, 1.165) is 51.0 Å². The van der Waals surface area contributed by atoms with E-state index < -0.39 is 0 Å². The zero-order chi connectivity index (χ0) is 16.8. The number of likely N-dealkylation sites (tertiary alicyclic amines) is 2. The Morgan fingerprint density at radius 3 is 2.83 bits per heavy atom. The minimum atomic E-state index is 0.0915. The molecule has 24 heavy (non-hydrogen) atoms. The minimum Gasteiger partial charge on any atom is -0.396 e. The largest absolute Gasteiger partial charge is 0.396 e. The third-order valence-corrected chi connectivity index (χ3v) is 5.23. The molecule has 0 spiro atoms. The smallest absolute Gasteiger partial charge is 0.246 e. The Bertz CT molecular complexity index is 553. The average molecular weight is 329 g/mol. The monoisotopic (exact) mass is 329 g/mol. The van der Waals surface area contributed by atoms with Crippen LogP contribution in [0.3, 0.4) is 0 Å². The van der Waals surface area contributed by atoms with Gasteiger partial charge in [0.2, 0.25) is 5.91 Å². The number of carbonyl (C=O) groups is 1. The molecule has 1 atom stereocenters. The van der Waals surface area contributed by atoms with Crippen molar-refractivity contribution < 1.29 is 9.90 Å². The Labute approximate surface area is 144 Å². The van der Waals surface area contributed by atoms with Crippen molar-refractivity contribution in [2.45, 2.75) is 31.7 Å². The minimum absolute atomic E-state index is 0.0915. The first-order valence-electron chi connectivity index (χ1n) is 8.98. The van der Waals surface area contributed by atoms with Gasteiger partial charge in [-0.2, -0.15) is 0 Å². The standard InChI is InChI=1S/C19H27N3O2/c23-15-17-7-11-21(12-8-17)18-4-2-10-22(14-18)19(24)6-5-16-3-1-9-20-13-16/h1,3,5-6,9,13,17-18,23H,2,4,7-8,10-12,14-15H2/b6-5+. The second kappa shape index (κ2) is 8.40. The average Bonchev–Trinajstić information content (AvgIpc) is 2.67. The number of rotatable bonds is 4. The molecule has 2 aliphatic rings. The SMILES string of the molecule is O=C(/C=C/c1cccnc1)N1CCCC(N2CCC(CO)CC2)C1. The van der Waals surface area contributed by atoms with Gasteiger partial charge in [-0.3, -0.25) is 14.7 Å². The fourth-order valence-electron chi connectivity index (χ4n) is 3.70. The molecular weight excluding hydrogens is 302 g/mol. The van der Waals surface area contributed by atoms with E-state index in [1.165, 1.54) is 6.42 Å². The number of carbonyl (C=O) groups excluding carboxylic acids is 1. The van der Waals surface area contributed by atoms with E-state index in [-0.39, 0.29) is 5.91 Å². The Morgan fingerprint density at radius 1 is 1.29 bits per heavy atom. The molecular formula is C19H27N3O2. The lowest BCUT2D eigenvalue weighted by Gasteiger charge is -2.42. The number of hydrogen-bond donors (Lipinski definition) is 1. The van der Waals surface area contributed by atoms with Gasteiger partial charge in [0, 0.05) is 44.2 Å². The van der Waals surface area contributed by atoms with E-state index in [2.05, 4.69) is 9.88 Å². The topological polar surface area (TPSA) is 56.7 Å². The second-order valence-corrected chi connectivity index (χ2v) is 6.86. The quantitative estimate of drug-likeness (QED) is 0.856. The van der Waals surface area contributed by atoms with Crippen LogP contribution in [0.25, 0.3) is 6.08 Å². The van der Waals surface area contributed by atoms with Crippen LogP contribution in [0.1, 0.15) is 31.2 Å². The molecule has 1 aromatic heterocycles. The molecule has 3 heterocycles. The Morgan fingerprint density at radius 2 is 2.12 bits per heavy atom. The van der Waals surface area contributed by atoms with E-state index in [0.29, 0.717) is 18.6 Å². The third kappa shape index (κ3) is 4.42. The van der Waals surface area contributed by atoms with Crippen LogP contribution in [0.4, 0.5) is 0 Å². The predicted molar refractivity (Wildman–Crippen MR) is 94.3 cm³/mol. The van der Waals surface area contributed by atoms with Crippen LogP contribution >= 0.6 is 0 Å². The highest BCUT2D eigenvalue weighted by atomic mass is 16.3. The van der Waals surface area contributed by atoms with Crippen molar-refractivity contribution in [1.29, 1.82) is 0 Å². The van der Waals surface area contributed by atoms with Crippen molar-refractivity contribution in [3.8, 4) is 0 Å². The van der Waals surface area contributed by atoms with Crippen molar-refractivity contribution in [2.24, 2.45) is 5.92 Å². The summed E-state index contributed by atoms with van der Waals surface area (Å²) in [6.07, 6.45) is 11.4. The first-order chi connectivity index (χ1) is 11.8. The van der Waals surface area contributed by atoms with Crippen molar-refractivity contribution in [3.05, 3.63) is 36.2 Å². The van der Waals surface area contributed by atoms with E-state index >= 15 is 0 Å². The number of piperidine rings is 2. The summed E-state index contributed by atoms with van der Waals surface area (Å²) >= 11 is 0. The van der Waals surface area contributed by atoms with Gasteiger partial charge in [-0.1, -0.05) is 6.07 Å². The zero-order valence-electron chi connectivity index (χ0n) is 14.2. The van der Waals surface area contributed by atoms with Crippen LogP contribution in [0.5, 0.6) is 0 Å². The molecule has 2 saturated heterocycles. The molecule has 0 radical (unpaired) electrons. The van der Waals surface area contributed by atoms with Gasteiger partial charge in [0.05, 0.1) is 0 Å². The van der Waals surface area contributed by atoms with Crippen molar-refractivity contribution in [3.63, 3.8) is 0 Å². The summed E-state index contributed by atoms with van der Waals surface area (Å²) in [6, 6.07) is 4.28. The highest BCUT2D eigenvalue weighted by molar-refractivity contribution is 5.91. The van der Waals surface area contributed by atoms with E-state index in [1.54, 1.807) is 18.5 Å². The summed E-state index contributed by atoms with van der Waals surface area (Å²) in [7, 11) is 0. The Kier molecular flexibility index (Phi) is 5.99. The molecule has 1 unspecified atom stereocenters. The number of aliphatic hydroxyl groups is 1. The van der Waals surface area contributed by atoms with Gasteiger partial charge in [-0.25, -0.2) is 0 Å². The van der Waals surface area contributed by atoms with Crippen LogP contribution in [-0.4, -0.2) is 64.6 Å². The molecule has 0 aliphatic carbocycles. The van der Waals surface area contributed by atoms with Crippen LogP contribution in [0.15, 0.2) is 30.6 Å². The maximum Gasteiger partial charge on any atom is 0.246 e. The number of aromatic nitrogens is 1. The Hall–Kier alpha value is -1.72. The summed E-state index contributed by atoms with van der Waals surface area (Å²) in [5.74, 6) is 0.554. The molecule has 0 saturated carbocycles. The van der Waals surface area contributed by atoms with Gasteiger partial charge in [0.15, 0.2) is 0 Å². The molecule has 5 nitrogen and oxygen atoms in total. The van der Waals surface area contributed by atoms with Crippen molar-refractivity contribution in [2.75, 3.05) is 32.8 Å². The highest BCUT2D eigenvalue weighted by Gasteiger charge is 2.29. The van der Waals surface area contributed by atoms with Crippen molar-refractivity contribution >= 4 is 12.0 Å². The summed E-state index contributed by atoms with van der Waals surface area (Å²) in [5.41, 5.74) is 0.950. The second-order valence-electron chi connectivity index (χ2n) is 6.86. The fraction of sp³-hybridized carbons (Fsp3) is 0.579. The van der Waals surface area contributed by atoms with Gasteiger partial charge in [-0.15, -0.1) is 0 Å². The summed E-state index contributed by atoms with van der Waals surface area (Å²) < 4.78 is 0. The fourth-order valence-corrected chi connectivity index (χ4v) is 3.70. The maximum absolute atomic E-state index is 12.5. The molecule has 3 rings (SSSR count). The molecule has 5 heteroatoms. The lowest BCUT2D eigenvalue weighted by Crippen LogP contribution is -2.51. The number of pyridine rings is 1. The van der Waals surface area contributed by atoms with Gasteiger partial charge in [0.1, 0.15) is 0 Å². The van der Waals surface area contributed by atoms with Crippen LogP contribution in [0, 0.1) is 5.92 Å². The normalized spacial score (nSPS) is 23.7. The number of hydrogen-bond acceptors (Lipinski definition) is 4. The van der Waals surface area contributed by atoms with Crippen LogP contribution < -0.4 is 0 Å². The molecule has 130 valence electrons. The first-order valence-corrected chi connectivity index (χ1v) is 8.98. The molecule has 2 aliphatic heterocycles. The third-order valence-electron chi connectivity index (χ3n) is 5.23. The summed E-state index contributed by atoms with van der Waals surface area (Å²) in [5, 5.41) is 9.27. The van der Waals surface area contributed by atoms with Gasteiger partial charge < -0.3 is 10.0 Å². The van der Waals surface area contributed by atoms with Crippen molar-refractivity contribution in [1.82, 2.24) is 14.8 Å². The lowest BCUT2D eigenvalue weighted by atomic mass is 9.94. The van der Waals surface area contributed by atoms with Crippen LogP contribution in [-0.2, 0) is 4.79 Å². The van der Waals surface area contributed by atoms with Crippen LogP contribution in [0.2, 0.25) is 0 Å². The molecule has 1 amide bonds. The summed E-state index contributed by atoms with van der Waals surface area (Å²) in [6.45, 7) is 4.06. The predicted octanol–water partition coefficient (Wildman–Crippen LogP) is 1.79. The molecule has 0 aromatic carbocycles. The molecule has 0 bridgehead atoms. The van der Waals surface area contributed by atoms with E-state index in [1.807, 2.05) is 23.1 Å². The lowest BCUT2D eigenvalue weighted by molar-refractivity contribution is -0.128. The number of aliphatic hydroxyl groups excluding tert-OH is 1. The van der Waals surface area contributed by atoms with Gasteiger partial charge in [0.25, 0.3) is 0 Å². The van der Waals surface area contributed by atoms with Gasteiger partial charge in [-0.05, 0) is 62.4 Å². The molecule has 2 fully saturated rings. The number of amides is 1. The van der Waals surface area contributed by atoms with Gasteiger partial charge >= 0.3 is 0 Å². The first kappa shape index (κ1) is 17.1. The Balaban J connectivity index is 1.53. The maximum atomic E-state index is 12.5. The molecule has 1 N–H and O–H groups in total.